The van der Waals surface area contributed by atoms with Gasteiger partial charge in [-0.25, -0.2) is 0 Å². The lowest BCUT2D eigenvalue weighted by atomic mass is 10.00. The predicted molar refractivity (Wildman–Crippen MR) is 75.2 cm³/mol. The standard InChI is InChI=1S/C15H22N2O2/c18-15(17-12-13-5-4-9-16-11-13)8-10-19-14-6-2-1-3-7-14/h1-3,6-7,13,16H,4-5,8-12H2,(H,17,18). The molecule has 104 valence electrons. The predicted octanol–water partition coefficient (Wildman–Crippen LogP) is 1.57. The maximum absolute atomic E-state index is 11.7. The van der Waals surface area contributed by atoms with Crippen molar-refractivity contribution in [2.75, 3.05) is 26.2 Å². The lowest BCUT2D eigenvalue weighted by Gasteiger charge is -2.22. The van der Waals surface area contributed by atoms with E-state index in [1.807, 2.05) is 30.3 Å². The third-order valence-corrected chi connectivity index (χ3v) is 3.33. The van der Waals surface area contributed by atoms with Gasteiger partial charge >= 0.3 is 0 Å². The van der Waals surface area contributed by atoms with E-state index >= 15 is 0 Å². The fourth-order valence-electron chi connectivity index (χ4n) is 2.22. The molecule has 2 N–H and O–H groups in total. The molecule has 1 aromatic carbocycles. The van der Waals surface area contributed by atoms with E-state index in [0.717, 1.165) is 25.4 Å². The van der Waals surface area contributed by atoms with Gasteiger partial charge < -0.3 is 15.4 Å². The summed E-state index contributed by atoms with van der Waals surface area (Å²) in [5.74, 6) is 1.46. The molecule has 1 unspecified atom stereocenters. The van der Waals surface area contributed by atoms with Crippen LogP contribution in [0.2, 0.25) is 0 Å². The van der Waals surface area contributed by atoms with Crippen molar-refractivity contribution in [2.24, 2.45) is 5.92 Å². The van der Waals surface area contributed by atoms with Gasteiger partial charge in [0.1, 0.15) is 5.75 Å². The quantitative estimate of drug-likeness (QED) is 0.818. The summed E-state index contributed by atoms with van der Waals surface area (Å²) in [6, 6.07) is 9.58. The van der Waals surface area contributed by atoms with Gasteiger partial charge in [-0.2, -0.15) is 0 Å². The van der Waals surface area contributed by atoms with Gasteiger partial charge in [-0.05, 0) is 44.0 Å². The molecule has 4 nitrogen and oxygen atoms in total. The minimum absolute atomic E-state index is 0.0708. The molecule has 1 amide bonds. The minimum Gasteiger partial charge on any atom is -0.493 e. The minimum atomic E-state index is 0.0708. The first-order valence-corrected chi connectivity index (χ1v) is 7.00. The zero-order chi connectivity index (χ0) is 13.3. The van der Waals surface area contributed by atoms with Crippen molar-refractivity contribution in [1.82, 2.24) is 10.6 Å². The van der Waals surface area contributed by atoms with Crippen molar-refractivity contribution in [2.45, 2.75) is 19.3 Å². The third kappa shape index (κ3) is 5.30. The SMILES string of the molecule is O=C(CCOc1ccccc1)NCC1CCCNC1. The summed E-state index contributed by atoms with van der Waals surface area (Å²) in [6.07, 6.45) is 2.82. The van der Waals surface area contributed by atoms with Crippen LogP contribution >= 0.6 is 0 Å². The summed E-state index contributed by atoms with van der Waals surface area (Å²) in [4.78, 5) is 11.7. The van der Waals surface area contributed by atoms with E-state index in [4.69, 9.17) is 4.74 Å². The maximum atomic E-state index is 11.7. The molecule has 1 fully saturated rings. The molecule has 1 aliphatic heterocycles. The van der Waals surface area contributed by atoms with Crippen LogP contribution in [0.1, 0.15) is 19.3 Å². The number of benzene rings is 1. The first kappa shape index (κ1) is 13.9. The molecule has 0 spiro atoms. The molecule has 0 radical (unpaired) electrons. The second-order valence-corrected chi connectivity index (χ2v) is 4.93. The zero-order valence-corrected chi connectivity index (χ0v) is 11.2. The van der Waals surface area contributed by atoms with Crippen LogP contribution in [0.3, 0.4) is 0 Å². The van der Waals surface area contributed by atoms with E-state index in [-0.39, 0.29) is 5.91 Å². The van der Waals surface area contributed by atoms with Crippen molar-refractivity contribution >= 4 is 5.91 Å². The first-order chi connectivity index (χ1) is 9.34. The summed E-state index contributed by atoms with van der Waals surface area (Å²) in [6.45, 7) is 3.33. The summed E-state index contributed by atoms with van der Waals surface area (Å²) in [5.41, 5.74) is 0. The molecule has 0 aromatic heterocycles. The van der Waals surface area contributed by atoms with Crippen molar-refractivity contribution in [3.8, 4) is 5.75 Å². The lowest BCUT2D eigenvalue weighted by molar-refractivity contribution is -0.121. The second-order valence-electron chi connectivity index (χ2n) is 4.93. The highest BCUT2D eigenvalue weighted by molar-refractivity contribution is 5.75. The summed E-state index contributed by atoms with van der Waals surface area (Å²) in [5, 5.41) is 6.33. The second kappa shape index (κ2) is 7.79. The fraction of sp³-hybridized carbons (Fsp3) is 0.533. The van der Waals surface area contributed by atoms with Crippen LogP contribution in [0.25, 0.3) is 0 Å². The van der Waals surface area contributed by atoms with Crippen LogP contribution in [0.5, 0.6) is 5.75 Å². The number of hydrogen-bond acceptors (Lipinski definition) is 3. The average Bonchev–Trinajstić information content (AvgIpc) is 2.47. The van der Waals surface area contributed by atoms with E-state index in [1.165, 1.54) is 12.8 Å². The Hall–Kier alpha value is -1.55. The molecular weight excluding hydrogens is 240 g/mol. The molecule has 1 aromatic rings. The highest BCUT2D eigenvalue weighted by atomic mass is 16.5. The molecule has 0 aliphatic carbocycles. The summed E-state index contributed by atoms with van der Waals surface area (Å²) in [7, 11) is 0. The number of nitrogens with one attached hydrogen (secondary N) is 2. The number of piperidine rings is 1. The highest BCUT2D eigenvalue weighted by Crippen LogP contribution is 2.09. The largest absolute Gasteiger partial charge is 0.493 e. The first-order valence-electron chi connectivity index (χ1n) is 7.00. The Morgan fingerprint density at radius 2 is 2.21 bits per heavy atom. The molecule has 1 aliphatic rings. The smallest absolute Gasteiger partial charge is 0.223 e. The molecule has 1 atom stereocenters. The Morgan fingerprint density at radius 1 is 1.37 bits per heavy atom. The Bertz CT molecular complexity index is 375. The number of hydrogen-bond donors (Lipinski definition) is 2. The van der Waals surface area contributed by atoms with Crippen LogP contribution < -0.4 is 15.4 Å². The number of amides is 1. The molecule has 1 saturated heterocycles. The van der Waals surface area contributed by atoms with Crippen molar-refractivity contribution < 1.29 is 9.53 Å². The zero-order valence-electron chi connectivity index (χ0n) is 11.2. The van der Waals surface area contributed by atoms with Crippen LogP contribution in [0.15, 0.2) is 30.3 Å². The molecule has 0 saturated carbocycles. The van der Waals surface area contributed by atoms with E-state index in [2.05, 4.69) is 10.6 Å². The summed E-state index contributed by atoms with van der Waals surface area (Å²) >= 11 is 0. The lowest BCUT2D eigenvalue weighted by Crippen LogP contribution is -2.38. The van der Waals surface area contributed by atoms with Gasteiger partial charge in [-0.1, -0.05) is 18.2 Å². The third-order valence-electron chi connectivity index (χ3n) is 3.33. The van der Waals surface area contributed by atoms with Gasteiger partial charge in [-0.3, -0.25) is 4.79 Å². The van der Waals surface area contributed by atoms with Gasteiger partial charge in [0.05, 0.1) is 13.0 Å². The van der Waals surface area contributed by atoms with Gasteiger partial charge in [0.2, 0.25) is 5.91 Å². The van der Waals surface area contributed by atoms with Crippen LogP contribution in [-0.4, -0.2) is 32.1 Å². The number of para-hydroxylation sites is 1. The molecule has 0 bridgehead atoms. The normalized spacial score (nSPS) is 18.8. The monoisotopic (exact) mass is 262 g/mol. The van der Waals surface area contributed by atoms with Crippen molar-refractivity contribution in [1.29, 1.82) is 0 Å². The molecule has 4 heteroatoms. The van der Waals surface area contributed by atoms with Crippen LogP contribution in [0.4, 0.5) is 0 Å². The molecule has 19 heavy (non-hydrogen) atoms. The fourth-order valence-corrected chi connectivity index (χ4v) is 2.22. The van der Waals surface area contributed by atoms with Gasteiger partial charge in [0, 0.05) is 6.54 Å². The Morgan fingerprint density at radius 3 is 2.95 bits per heavy atom. The Balaban J connectivity index is 1.57. The maximum Gasteiger partial charge on any atom is 0.223 e. The topological polar surface area (TPSA) is 50.4 Å². The molecule has 1 heterocycles. The summed E-state index contributed by atoms with van der Waals surface area (Å²) < 4.78 is 5.50. The highest BCUT2D eigenvalue weighted by Gasteiger charge is 2.13. The number of carbonyl (C=O) groups excluding carboxylic acids is 1. The number of rotatable bonds is 6. The van der Waals surface area contributed by atoms with Crippen LogP contribution in [0, 0.1) is 5.92 Å². The van der Waals surface area contributed by atoms with Gasteiger partial charge in [0.15, 0.2) is 0 Å². The van der Waals surface area contributed by atoms with E-state index in [1.54, 1.807) is 0 Å². The van der Waals surface area contributed by atoms with Crippen molar-refractivity contribution in [3.05, 3.63) is 30.3 Å². The van der Waals surface area contributed by atoms with Gasteiger partial charge in [0.25, 0.3) is 0 Å². The Labute approximate surface area is 114 Å². The van der Waals surface area contributed by atoms with Gasteiger partial charge in [-0.15, -0.1) is 0 Å². The number of ether oxygens (including phenoxy) is 1. The van der Waals surface area contributed by atoms with Crippen molar-refractivity contribution in [3.63, 3.8) is 0 Å². The van der Waals surface area contributed by atoms with Crippen LogP contribution in [-0.2, 0) is 4.79 Å². The van der Waals surface area contributed by atoms with E-state index in [0.29, 0.717) is 18.9 Å². The molecular formula is C15H22N2O2. The van der Waals surface area contributed by atoms with E-state index < -0.39 is 0 Å². The van der Waals surface area contributed by atoms with E-state index in [9.17, 15) is 4.79 Å². The Kier molecular flexibility index (Phi) is 5.69. The number of carbonyl (C=O) groups is 1. The average molecular weight is 262 g/mol. The molecule has 2 rings (SSSR count).